The fourth-order valence-corrected chi connectivity index (χ4v) is 2.78. The van der Waals surface area contributed by atoms with Crippen LogP contribution in [0.3, 0.4) is 0 Å². The van der Waals surface area contributed by atoms with E-state index in [-0.39, 0.29) is 10.0 Å². The summed E-state index contributed by atoms with van der Waals surface area (Å²) in [6.45, 7) is 6.05. The standard InChI is InChI=1S/C13H17Cl2FN2/c1-2-17-7-9-3-4-18(8-9)10-5-11(14)13(16)12(15)6-10/h5-6,9,17H,2-4,7-8H2,1H3. The van der Waals surface area contributed by atoms with Crippen LogP contribution in [-0.2, 0) is 0 Å². The lowest BCUT2D eigenvalue weighted by Crippen LogP contribution is -2.26. The van der Waals surface area contributed by atoms with Gasteiger partial charge < -0.3 is 10.2 Å². The number of halogens is 3. The molecule has 1 atom stereocenters. The lowest BCUT2D eigenvalue weighted by atomic mass is 10.1. The predicted octanol–water partition coefficient (Wildman–Crippen LogP) is 3.57. The number of benzene rings is 1. The van der Waals surface area contributed by atoms with Gasteiger partial charge in [-0.1, -0.05) is 30.1 Å². The van der Waals surface area contributed by atoms with E-state index in [1.54, 1.807) is 12.1 Å². The van der Waals surface area contributed by atoms with Gasteiger partial charge in [-0.15, -0.1) is 0 Å². The molecule has 0 aliphatic carbocycles. The predicted molar refractivity (Wildman–Crippen MR) is 75.3 cm³/mol. The maximum absolute atomic E-state index is 13.3. The number of nitrogens with zero attached hydrogens (tertiary/aromatic N) is 1. The first-order valence-corrected chi connectivity index (χ1v) is 6.97. The quantitative estimate of drug-likeness (QED) is 0.853. The zero-order chi connectivity index (χ0) is 13.1. The highest BCUT2D eigenvalue weighted by atomic mass is 35.5. The van der Waals surface area contributed by atoms with Gasteiger partial charge in [0.2, 0.25) is 0 Å². The van der Waals surface area contributed by atoms with Crippen LogP contribution >= 0.6 is 23.2 Å². The number of hydrogen-bond donors (Lipinski definition) is 1. The van der Waals surface area contributed by atoms with Crippen molar-refractivity contribution < 1.29 is 4.39 Å². The van der Waals surface area contributed by atoms with Gasteiger partial charge >= 0.3 is 0 Å². The number of hydrogen-bond acceptors (Lipinski definition) is 2. The van der Waals surface area contributed by atoms with Gasteiger partial charge in [-0.05, 0) is 37.6 Å². The second kappa shape index (κ2) is 6.09. The molecule has 1 N–H and O–H groups in total. The molecule has 5 heteroatoms. The molecule has 0 amide bonds. The number of anilines is 1. The Morgan fingerprint density at radius 3 is 2.67 bits per heavy atom. The van der Waals surface area contributed by atoms with E-state index >= 15 is 0 Å². The fraction of sp³-hybridized carbons (Fsp3) is 0.538. The van der Waals surface area contributed by atoms with Gasteiger partial charge in [0, 0.05) is 18.8 Å². The molecule has 1 aromatic carbocycles. The molecule has 1 aliphatic rings. The van der Waals surface area contributed by atoms with E-state index in [4.69, 9.17) is 23.2 Å². The molecule has 1 aromatic rings. The van der Waals surface area contributed by atoms with Crippen LogP contribution in [0, 0.1) is 11.7 Å². The largest absolute Gasteiger partial charge is 0.371 e. The Morgan fingerprint density at radius 2 is 2.06 bits per heavy atom. The summed E-state index contributed by atoms with van der Waals surface area (Å²) in [5.74, 6) is 0.0954. The van der Waals surface area contributed by atoms with Gasteiger partial charge in [0.15, 0.2) is 5.82 Å². The fourth-order valence-electron chi connectivity index (χ4n) is 2.31. The maximum Gasteiger partial charge on any atom is 0.160 e. The third-order valence-corrected chi connectivity index (χ3v) is 3.85. The van der Waals surface area contributed by atoms with Gasteiger partial charge in [0.25, 0.3) is 0 Å². The monoisotopic (exact) mass is 290 g/mol. The Labute approximate surface area is 117 Å². The summed E-state index contributed by atoms with van der Waals surface area (Å²) in [6.07, 6.45) is 1.14. The van der Waals surface area contributed by atoms with Crippen molar-refractivity contribution in [2.24, 2.45) is 5.92 Å². The summed E-state index contributed by atoms with van der Waals surface area (Å²) >= 11 is 11.6. The highest BCUT2D eigenvalue weighted by Gasteiger charge is 2.23. The van der Waals surface area contributed by atoms with E-state index in [1.807, 2.05) is 0 Å². The lowest BCUT2D eigenvalue weighted by Gasteiger charge is -2.19. The van der Waals surface area contributed by atoms with Gasteiger partial charge in [-0.2, -0.15) is 0 Å². The smallest absolute Gasteiger partial charge is 0.160 e. The Balaban J connectivity index is 2.05. The Hall–Kier alpha value is -0.510. The molecule has 1 saturated heterocycles. The number of nitrogens with one attached hydrogen (secondary N) is 1. The summed E-state index contributed by atoms with van der Waals surface area (Å²) in [5.41, 5.74) is 0.908. The molecule has 100 valence electrons. The van der Waals surface area contributed by atoms with Crippen molar-refractivity contribution in [3.8, 4) is 0 Å². The molecule has 0 spiro atoms. The SMILES string of the molecule is CCNCC1CCN(c2cc(Cl)c(F)c(Cl)c2)C1. The first-order valence-electron chi connectivity index (χ1n) is 6.22. The lowest BCUT2D eigenvalue weighted by molar-refractivity contribution is 0.528. The molecule has 18 heavy (non-hydrogen) atoms. The molecule has 2 rings (SSSR count). The average molecular weight is 291 g/mol. The minimum Gasteiger partial charge on any atom is -0.371 e. The van der Waals surface area contributed by atoms with Crippen molar-refractivity contribution in [2.75, 3.05) is 31.1 Å². The normalized spacial score (nSPS) is 19.6. The van der Waals surface area contributed by atoms with E-state index in [0.29, 0.717) is 5.92 Å². The summed E-state index contributed by atoms with van der Waals surface area (Å²) < 4.78 is 13.3. The summed E-state index contributed by atoms with van der Waals surface area (Å²) in [5, 5.41) is 3.54. The van der Waals surface area contributed by atoms with Crippen molar-refractivity contribution in [1.82, 2.24) is 5.32 Å². The van der Waals surface area contributed by atoms with Crippen LogP contribution in [0.2, 0.25) is 10.0 Å². The minimum absolute atomic E-state index is 0.0904. The van der Waals surface area contributed by atoms with E-state index in [2.05, 4.69) is 17.1 Å². The zero-order valence-electron chi connectivity index (χ0n) is 10.3. The van der Waals surface area contributed by atoms with E-state index in [0.717, 1.165) is 38.3 Å². The number of rotatable bonds is 4. The van der Waals surface area contributed by atoms with Crippen molar-refractivity contribution in [3.63, 3.8) is 0 Å². The second-order valence-electron chi connectivity index (χ2n) is 4.63. The molecule has 0 radical (unpaired) electrons. The van der Waals surface area contributed by atoms with Crippen molar-refractivity contribution in [2.45, 2.75) is 13.3 Å². The first-order chi connectivity index (χ1) is 8.61. The molecule has 0 bridgehead atoms. The van der Waals surface area contributed by atoms with Gasteiger partial charge in [0.1, 0.15) is 0 Å². The molecular formula is C13H17Cl2FN2. The average Bonchev–Trinajstić information content (AvgIpc) is 2.81. The van der Waals surface area contributed by atoms with Crippen LogP contribution in [0.1, 0.15) is 13.3 Å². The van der Waals surface area contributed by atoms with Crippen LogP contribution in [0.25, 0.3) is 0 Å². The molecule has 1 aliphatic heterocycles. The molecule has 0 aromatic heterocycles. The van der Waals surface area contributed by atoms with Crippen LogP contribution in [0.4, 0.5) is 10.1 Å². The van der Waals surface area contributed by atoms with E-state index in [1.165, 1.54) is 0 Å². The zero-order valence-corrected chi connectivity index (χ0v) is 11.9. The highest BCUT2D eigenvalue weighted by Crippen LogP contribution is 2.31. The topological polar surface area (TPSA) is 15.3 Å². The van der Waals surface area contributed by atoms with Gasteiger partial charge in [-0.25, -0.2) is 4.39 Å². The third kappa shape index (κ3) is 3.08. The second-order valence-corrected chi connectivity index (χ2v) is 5.45. The molecule has 0 saturated carbocycles. The molecular weight excluding hydrogens is 274 g/mol. The third-order valence-electron chi connectivity index (χ3n) is 3.30. The minimum atomic E-state index is -0.537. The van der Waals surface area contributed by atoms with Crippen LogP contribution < -0.4 is 10.2 Å². The van der Waals surface area contributed by atoms with Crippen molar-refractivity contribution in [1.29, 1.82) is 0 Å². The Morgan fingerprint density at radius 1 is 1.39 bits per heavy atom. The van der Waals surface area contributed by atoms with E-state index in [9.17, 15) is 4.39 Å². The summed E-state index contributed by atoms with van der Waals surface area (Å²) in [6, 6.07) is 3.30. The maximum atomic E-state index is 13.3. The van der Waals surface area contributed by atoms with Gasteiger partial charge in [-0.3, -0.25) is 0 Å². The van der Waals surface area contributed by atoms with Gasteiger partial charge in [0.05, 0.1) is 10.0 Å². The Kier molecular flexibility index (Phi) is 4.71. The summed E-state index contributed by atoms with van der Waals surface area (Å²) in [4.78, 5) is 2.21. The summed E-state index contributed by atoms with van der Waals surface area (Å²) in [7, 11) is 0. The van der Waals surface area contributed by atoms with Crippen molar-refractivity contribution >= 4 is 28.9 Å². The first kappa shape index (κ1) is 13.9. The highest BCUT2D eigenvalue weighted by molar-refractivity contribution is 6.35. The molecule has 1 heterocycles. The van der Waals surface area contributed by atoms with E-state index < -0.39 is 5.82 Å². The van der Waals surface area contributed by atoms with Crippen LogP contribution in [0.15, 0.2) is 12.1 Å². The molecule has 1 unspecified atom stereocenters. The van der Waals surface area contributed by atoms with Crippen LogP contribution in [0.5, 0.6) is 0 Å². The Bertz CT molecular complexity index is 402. The molecule has 1 fully saturated rings. The molecule has 2 nitrogen and oxygen atoms in total. The van der Waals surface area contributed by atoms with Crippen molar-refractivity contribution in [3.05, 3.63) is 28.0 Å². The van der Waals surface area contributed by atoms with Crippen LogP contribution in [-0.4, -0.2) is 26.2 Å².